The van der Waals surface area contributed by atoms with Crippen LogP contribution in [0.25, 0.3) is 33.5 Å². The fourth-order valence-corrected chi connectivity index (χ4v) is 19.0. The van der Waals surface area contributed by atoms with Crippen LogP contribution < -0.4 is 62.0 Å². The van der Waals surface area contributed by atoms with Crippen LogP contribution in [0.4, 0.5) is 74.8 Å². The minimum atomic E-state index is -5.24. The maximum absolute atomic E-state index is 14.6. The number of para-hydroxylation sites is 3. The van der Waals surface area contributed by atoms with Gasteiger partial charge < -0.3 is 90.5 Å². The number of nitrogen functional groups attached to an aromatic ring is 3. The topological polar surface area (TPSA) is 555 Å². The second-order valence-corrected chi connectivity index (χ2v) is 37.6. The molecule has 3 unspecified atom stereocenters. The van der Waals surface area contributed by atoms with Gasteiger partial charge in [-0.1, -0.05) is 54.6 Å². The third-order valence-electron chi connectivity index (χ3n) is 20.6. The highest BCUT2D eigenvalue weighted by atomic mass is 35.5. The van der Waals surface area contributed by atoms with Crippen molar-refractivity contribution in [2.45, 2.75) is 205 Å². The molecule has 57 heteroatoms. The molecule has 132 heavy (non-hydrogen) atoms. The van der Waals surface area contributed by atoms with Gasteiger partial charge in [0, 0.05) is 18.1 Å². The molecule has 3 aliphatic carbocycles. The van der Waals surface area contributed by atoms with Crippen molar-refractivity contribution >= 4 is 145 Å². The predicted octanol–water partition coefficient (Wildman–Crippen LogP) is 10.6. The molecule has 0 radical (unpaired) electrons. The van der Waals surface area contributed by atoms with E-state index < -0.39 is 168 Å². The highest BCUT2D eigenvalue weighted by molar-refractivity contribution is 7.52. The van der Waals surface area contributed by atoms with Crippen molar-refractivity contribution in [3.05, 3.63) is 110 Å². The molecule has 18 atom stereocenters. The number of alkyl halides is 12. The van der Waals surface area contributed by atoms with E-state index in [9.17, 15) is 82.9 Å². The Kier molecular flexibility index (Phi) is 30.3. The number of fused-ring (bicyclic) bond motifs is 3. The minimum Gasteiger partial charge on any atom is -0.465 e. The van der Waals surface area contributed by atoms with Crippen LogP contribution in [0.15, 0.2) is 110 Å². The number of ether oxygens (including phenoxy) is 6. The number of carbonyl (C=O) groups is 3. The third-order valence-corrected chi connectivity index (χ3v) is 27.4. The van der Waals surface area contributed by atoms with Crippen LogP contribution >= 0.6 is 58.0 Å². The van der Waals surface area contributed by atoms with E-state index in [1.54, 1.807) is 75.4 Å². The van der Waals surface area contributed by atoms with Crippen molar-refractivity contribution in [3.8, 4) is 17.2 Å². The molecule has 3 saturated heterocycles. The zero-order chi connectivity index (χ0) is 95.6. The lowest BCUT2D eigenvalue weighted by Crippen LogP contribution is -2.53. The highest BCUT2D eigenvalue weighted by Gasteiger charge is 2.74. The van der Waals surface area contributed by atoms with Crippen molar-refractivity contribution < 1.29 is 138 Å². The highest BCUT2D eigenvalue weighted by Crippen LogP contribution is 2.60. The smallest absolute Gasteiger partial charge is 0.459 e. The fraction of sp³-hybridized carbons (Fsp3) is 0.520. The molecule has 0 spiro atoms. The Morgan fingerprint density at radius 2 is 0.674 bits per heavy atom. The number of imidazole rings is 3. The van der Waals surface area contributed by atoms with Crippen molar-refractivity contribution in [2.75, 3.05) is 72.8 Å². The maximum Gasteiger partial charge on any atom is 0.459 e. The quantitative estimate of drug-likeness (QED) is 0.00570. The standard InChI is InChI=1S/3C25H30ClF3N7O7P/c3*1-3-40-21(38)13(2)35-44(39,43-15-7-5-4-6-8-15)41-11-16-18(37)24(26,25(27,28)29)22(42-16)36-12-31-17-19(32-14-9-10-14)33-23(30)34-20(17)36/h3*4-8,12-14,16,18,22,37H,3,9-11H2,1-2H3,(H,35,39)(H3,30,32,33,34)/t13?,16-,18-,22-,24-,44+;13?,16-,18-,22-,24-,44-;13-,16+,18+,22+,24+,44?/m110/s1. The van der Waals surface area contributed by atoms with E-state index in [0.717, 1.165) is 71.2 Å². The van der Waals surface area contributed by atoms with E-state index >= 15 is 0 Å². The van der Waals surface area contributed by atoms with Crippen LogP contribution in [-0.2, 0) is 70.1 Å². The van der Waals surface area contributed by atoms with E-state index in [1.165, 1.54) is 57.2 Å². The van der Waals surface area contributed by atoms with E-state index in [-0.39, 0.29) is 124 Å². The van der Waals surface area contributed by atoms with E-state index in [4.69, 9.17) is 108 Å². The monoisotopic (exact) mass is 1990 g/mol. The molecule has 9 heterocycles. The van der Waals surface area contributed by atoms with Crippen molar-refractivity contribution in [3.63, 3.8) is 0 Å². The molecule has 3 aromatic carbocycles. The number of carbonyl (C=O) groups excluding carboxylic acids is 3. The Labute approximate surface area is 758 Å². The molecule has 15 N–H and O–H groups in total. The van der Waals surface area contributed by atoms with Crippen LogP contribution in [0.2, 0.25) is 0 Å². The van der Waals surface area contributed by atoms with Gasteiger partial charge in [0.2, 0.25) is 32.5 Å². The molecule has 0 amide bonds. The van der Waals surface area contributed by atoms with Gasteiger partial charge in [-0.25, -0.2) is 28.6 Å². The van der Waals surface area contributed by atoms with Crippen LogP contribution in [0, 0.1) is 0 Å². The van der Waals surface area contributed by atoms with Gasteiger partial charge in [0.1, 0.15) is 72.0 Å². The summed E-state index contributed by atoms with van der Waals surface area (Å²) in [5.74, 6) is -2.24. The summed E-state index contributed by atoms with van der Waals surface area (Å²) in [5, 5.41) is 49.4. The Morgan fingerprint density at radius 1 is 0.439 bits per heavy atom. The molecule has 3 aliphatic heterocycles. The lowest BCUT2D eigenvalue weighted by molar-refractivity contribution is -0.196. The first-order chi connectivity index (χ1) is 62.3. The molecule has 6 aromatic heterocycles. The summed E-state index contributed by atoms with van der Waals surface area (Å²) in [5.41, 5.74) is 17.5. The van der Waals surface area contributed by atoms with Crippen LogP contribution in [0.5, 0.6) is 17.2 Å². The first kappa shape index (κ1) is 99.8. The zero-order valence-electron chi connectivity index (χ0n) is 70.2. The largest absolute Gasteiger partial charge is 0.465 e. The van der Waals surface area contributed by atoms with Gasteiger partial charge >= 0.3 is 59.7 Å². The number of aliphatic hydroxyl groups is 3. The summed E-state index contributed by atoms with van der Waals surface area (Å²) in [6.45, 7) is 6.08. The Hall–Kier alpha value is -9.63. The van der Waals surface area contributed by atoms with Crippen molar-refractivity contribution in [1.82, 2.24) is 73.8 Å². The lowest BCUT2D eigenvalue weighted by Gasteiger charge is -2.32. The number of rotatable bonds is 36. The van der Waals surface area contributed by atoms with Crippen molar-refractivity contribution in [1.29, 1.82) is 0 Å². The Balaban J connectivity index is 0.000000168. The van der Waals surface area contributed by atoms with Gasteiger partial charge in [-0.3, -0.25) is 41.7 Å². The number of hydrogen-bond donors (Lipinski definition) is 12. The summed E-state index contributed by atoms with van der Waals surface area (Å²) in [7, 11) is -13.5. The first-order valence-corrected chi connectivity index (χ1v) is 46.4. The lowest BCUT2D eigenvalue weighted by atomic mass is 9.98. The predicted molar refractivity (Wildman–Crippen MR) is 452 cm³/mol. The number of nitrogens with two attached hydrogens (primary N) is 3. The normalized spacial score (nSPS) is 25.8. The van der Waals surface area contributed by atoms with Gasteiger partial charge in [-0.2, -0.15) is 84.7 Å². The number of nitrogens with zero attached hydrogens (tertiary/aromatic N) is 12. The number of anilines is 6. The zero-order valence-corrected chi connectivity index (χ0v) is 75.2. The number of esters is 3. The number of aromatic nitrogens is 12. The van der Waals surface area contributed by atoms with Crippen LogP contribution in [-0.4, -0.2) is 237 Å². The van der Waals surface area contributed by atoms with Gasteiger partial charge in [-0.05, 0) is 116 Å². The van der Waals surface area contributed by atoms with Crippen LogP contribution in [0.3, 0.4) is 0 Å². The molecule has 9 aromatic rings. The molecule has 6 fully saturated rings. The molecule has 15 rings (SSSR count). The minimum absolute atomic E-state index is 0.0337. The second-order valence-electron chi connectivity index (χ2n) is 30.6. The number of hydrogen-bond acceptors (Lipinski definition) is 36. The SMILES string of the molecule is CCOC(=O)C(C)N[P@@](=O)(OC[C@H]1O[C@@H](n2cnc3c(NC4CC4)nc(N)nc32)[C@@](Cl)(C(F)(F)F)[C@@H]1O)Oc1ccccc1.CCOC(=O)C(C)N[P@](=O)(OC[C@H]1O[C@@H](n2cnc3c(NC4CC4)nc(N)nc32)[C@@](Cl)(C(F)(F)F)[C@@H]1O)Oc1ccccc1.CCOC(=O)[C@H](C)NP(=O)(OC[C@H]1O[C@@H](n2cnc3c(NC4CC4)nc(N)nc32)[C@@](Cl)(C(F)(F)F)[C@@H]1O)Oc1ccccc1. The summed E-state index contributed by atoms with van der Waals surface area (Å²) in [4.78, 5) is 63.3. The number of aliphatic hydroxyl groups excluding tert-OH is 3. The Bertz CT molecular complexity index is 5180. The summed E-state index contributed by atoms with van der Waals surface area (Å²) < 4.78 is 240. The van der Waals surface area contributed by atoms with Gasteiger partial charge in [0.05, 0.1) is 58.6 Å². The van der Waals surface area contributed by atoms with Gasteiger partial charge in [-0.15, -0.1) is 34.8 Å². The summed E-state index contributed by atoms with van der Waals surface area (Å²) in [6.07, 6.45) is -26.5. The summed E-state index contributed by atoms with van der Waals surface area (Å²) >= 11 is 18.6. The molecule has 0 bridgehead atoms. The van der Waals surface area contributed by atoms with E-state index in [1.807, 2.05) is 0 Å². The number of halogens is 12. The third kappa shape index (κ3) is 22.1. The average molecular weight is 1990 g/mol. The van der Waals surface area contributed by atoms with Gasteiger partial charge in [0.25, 0.3) is 0 Å². The molecule has 720 valence electrons. The number of nitrogens with one attached hydrogen (secondary N) is 6. The van der Waals surface area contributed by atoms with Gasteiger partial charge in [0.15, 0.2) is 69.6 Å². The van der Waals surface area contributed by atoms with Crippen LogP contribution in [0.1, 0.15) is 98.8 Å². The molecule has 6 aliphatic rings. The number of benzene rings is 3. The first-order valence-electron chi connectivity index (χ1n) is 40.6. The summed E-state index contributed by atoms with van der Waals surface area (Å²) in [6, 6.07) is 19.8. The fourth-order valence-electron chi connectivity index (χ4n) is 13.6. The molecule has 42 nitrogen and oxygen atoms in total. The average Bonchev–Trinajstić information content (AvgIpc) is 1.57. The molecule has 3 saturated carbocycles. The second kappa shape index (κ2) is 40.1. The molecular weight excluding hydrogens is 1900 g/mol. The van der Waals surface area contributed by atoms with Crippen molar-refractivity contribution in [2.24, 2.45) is 0 Å². The molecular formula is C75H90Cl3F9N21O21P3. The maximum atomic E-state index is 14.6. The Morgan fingerprint density at radius 3 is 0.886 bits per heavy atom. The van der Waals surface area contributed by atoms with E-state index in [2.05, 4.69) is 76.1 Å². The van der Waals surface area contributed by atoms with E-state index in [0.29, 0.717) is 0 Å².